The van der Waals surface area contributed by atoms with Crippen molar-refractivity contribution in [2.45, 2.75) is 65.0 Å². The van der Waals surface area contributed by atoms with Crippen LogP contribution in [0.2, 0.25) is 0 Å². The van der Waals surface area contributed by atoms with Gasteiger partial charge in [0.05, 0.1) is 0 Å². The summed E-state index contributed by atoms with van der Waals surface area (Å²) in [5.74, 6) is -0.842. The molecule has 1 saturated carbocycles. The Morgan fingerprint density at radius 1 is 1.00 bits per heavy atom. The van der Waals surface area contributed by atoms with Gasteiger partial charge < -0.3 is 20.1 Å². The van der Waals surface area contributed by atoms with Crippen LogP contribution in [0.25, 0.3) is 0 Å². The molecule has 10 heteroatoms. The lowest BCUT2D eigenvalue weighted by atomic mass is 9.95. The summed E-state index contributed by atoms with van der Waals surface area (Å²) >= 11 is 0. The van der Waals surface area contributed by atoms with Crippen LogP contribution in [0.1, 0.15) is 50.2 Å². The Bertz CT molecular complexity index is 1230. The third kappa shape index (κ3) is 6.92. The molecule has 0 spiro atoms. The van der Waals surface area contributed by atoms with E-state index in [0.717, 1.165) is 36.8 Å². The summed E-state index contributed by atoms with van der Waals surface area (Å²) in [7, 11) is -1.79. The maximum atomic E-state index is 13.5. The molecular formula is C28H35N3O6S. The Hall–Kier alpha value is -3.40. The van der Waals surface area contributed by atoms with Crippen LogP contribution in [0, 0.1) is 13.8 Å². The summed E-state index contributed by atoms with van der Waals surface area (Å²) < 4.78 is 23.5. The van der Waals surface area contributed by atoms with E-state index in [0.29, 0.717) is 22.9 Å². The zero-order valence-electron chi connectivity index (χ0n) is 22.1. The Balaban J connectivity index is 1.43. The molecule has 2 aromatic rings. The number of nitrogens with one attached hydrogen (secondary N) is 2. The number of nitrogens with zero attached hydrogens (tertiary/aromatic N) is 1. The van der Waals surface area contributed by atoms with Crippen molar-refractivity contribution in [3.05, 3.63) is 47.5 Å². The van der Waals surface area contributed by atoms with E-state index in [1.165, 1.54) is 11.3 Å². The number of anilines is 2. The van der Waals surface area contributed by atoms with E-state index in [4.69, 9.17) is 9.47 Å². The van der Waals surface area contributed by atoms with Crippen LogP contribution in [0.5, 0.6) is 11.5 Å². The van der Waals surface area contributed by atoms with Crippen molar-refractivity contribution >= 4 is 39.9 Å². The highest BCUT2D eigenvalue weighted by Crippen LogP contribution is 2.34. The van der Waals surface area contributed by atoms with Crippen LogP contribution in [0.15, 0.2) is 36.4 Å². The number of benzene rings is 2. The van der Waals surface area contributed by atoms with Crippen molar-refractivity contribution in [2.75, 3.05) is 28.5 Å². The molecule has 3 amide bonds. The van der Waals surface area contributed by atoms with Gasteiger partial charge in [-0.05, 0) is 57.4 Å². The highest BCUT2D eigenvalue weighted by Gasteiger charge is 2.31. The zero-order chi connectivity index (χ0) is 27.2. The van der Waals surface area contributed by atoms with Crippen molar-refractivity contribution in [1.29, 1.82) is 0 Å². The van der Waals surface area contributed by atoms with Gasteiger partial charge in [0.2, 0.25) is 24.5 Å². The zero-order valence-corrected chi connectivity index (χ0v) is 22.9. The Labute approximate surface area is 225 Å². The topological polar surface area (TPSA) is 114 Å². The van der Waals surface area contributed by atoms with Gasteiger partial charge >= 0.3 is 0 Å². The minimum atomic E-state index is -1.79. The highest BCUT2D eigenvalue weighted by atomic mass is 32.2. The lowest BCUT2D eigenvalue weighted by molar-refractivity contribution is -0.126. The van der Waals surface area contributed by atoms with Crippen molar-refractivity contribution in [3.8, 4) is 11.5 Å². The second-order valence-corrected chi connectivity index (χ2v) is 11.4. The Morgan fingerprint density at radius 2 is 1.74 bits per heavy atom. The van der Waals surface area contributed by atoms with E-state index >= 15 is 0 Å². The summed E-state index contributed by atoms with van der Waals surface area (Å²) in [6.45, 7) is 5.64. The molecule has 38 heavy (non-hydrogen) atoms. The molecule has 4 rings (SSSR count). The first-order chi connectivity index (χ1) is 18.2. The Morgan fingerprint density at radius 3 is 2.47 bits per heavy atom. The molecule has 0 radical (unpaired) electrons. The molecule has 2 aliphatic rings. The number of hydrogen-bond acceptors (Lipinski definition) is 6. The number of carbonyl (C=O) groups excluding carboxylic acids is 3. The molecule has 1 aliphatic heterocycles. The van der Waals surface area contributed by atoms with Gasteiger partial charge in [0.1, 0.15) is 17.5 Å². The quantitative estimate of drug-likeness (QED) is 0.502. The molecule has 0 aromatic heterocycles. The van der Waals surface area contributed by atoms with E-state index < -0.39 is 28.7 Å². The average Bonchev–Trinajstić information content (AvgIpc) is 3.33. The van der Waals surface area contributed by atoms with Gasteiger partial charge in [-0.3, -0.25) is 23.5 Å². The van der Waals surface area contributed by atoms with E-state index in [-0.39, 0.29) is 30.2 Å². The fourth-order valence-corrected chi connectivity index (χ4v) is 5.78. The van der Waals surface area contributed by atoms with Gasteiger partial charge in [-0.15, -0.1) is 0 Å². The summed E-state index contributed by atoms with van der Waals surface area (Å²) in [4.78, 5) is 40.6. The molecular weight excluding hydrogens is 506 g/mol. The number of hydrogen-bond donors (Lipinski definition) is 2. The van der Waals surface area contributed by atoms with Crippen LogP contribution in [0.4, 0.5) is 11.4 Å². The lowest BCUT2D eigenvalue weighted by Gasteiger charge is -2.32. The van der Waals surface area contributed by atoms with Crippen molar-refractivity contribution in [2.24, 2.45) is 0 Å². The predicted octanol–water partition coefficient (Wildman–Crippen LogP) is 3.59. The second kappa shape index (κ2) is 12.4. The number of fused-ring (bicyclic) bond motifs is 1. The second-order valence-electron chi connectivity index (χ2n) is 9.92. The van der Waals surface area contributed by atoms with Crippen molar-refractivity contribution in [3.63, 3.8) is 0 Å². The fraction of sp³-hybridized carbons (Fsp3) is 0.464. The van der Waals surface area contributed by atoms with Gasteiger partial charge in [-0.1, -0.05) is 37.0 Å². The number of rotatable bonds is 9. The Kier molecular flexibility index (Phi) is 9.04. The number of amides is 3. The number of aryl methyl sites for hydroxylation is 2. The number of carbonyl (C=O) groups is 3. The minimum absolute atomic E-state index is 0.101. The van der Waals surface area contributed by atoms with Crippen molar-refractivity contribution in [1.82, 2.24) is 5.32 Å². The van der Waals surface area contributed by atoms with Gasteiger partial charge in [-0.25, -0.2) is 0 Å². The summed E-state index contributed by atoms with van der Waals surface area (Å²) in [5, 5.41) is 5.78. The molecule has 1 aliphatic carbocycles. The summed E-state index contributed by atoms with van der Waals surface area (Å²) in [5.41, 5.74) is 2.94. The fourth-order valence-electron chi connectivity index (χ4n) is 4.90. The largest absolute Gasteiger partial charge is 0.454 e. The first-order valence-corrected chi connectivity index (χ1v) is 14.4. The minimum Gasteiger partial charge on any atom is -0.454 e. The van der Waals surface area contributed by atoms with Gasteiger partial charge in [0, 0.05) is 34.3 Å². The summed E-state index contributed by atoms with van der Waals surface area (Å²) in [6, 6.07) is 9.90. The van der Waals surface area contributed by atoms with Crippen LogP contribution < -0.4 is 25.0 Å². The number of ether oxygens (including phenoxy) is 2. The van der Waals surface area contributed by atoms with E-state index in [2.05, 4.69) is 10.6 Å². The highest BCUT2D eigenvalue weighted by molar-refractivity contribution is 7.86. The molecule has 9 nitrogen and oxygen atoms in total. The standard InChI is InChI=1S/C28H35N3O6S/c1-18-9-11-23(19(2)13-18)31(20(3)28(34)30-21-7-5-4-6-8-21)27(33)16-38(35)15-26(32)29-22-10-12-24-25(14-22)37-17-36-24/h9-14,20-21H,4-8,15-17H2,1-3H3,(H,29,32)(H,30,34)/t20-,38+/m1/s1. The van der Waals surface area contributed by atoms with Crippen LogP contribution in [-0.2, 0) is 25.2 Å². The third-order valence-corrected chi connectivity index (χ3v) is 7.98. The van der Waals surface area contributed by atoms with E-state index in [9.17, 15) is 18.6 Å². The van der Waals surface area contributed by atoms with Crippen molar-refractivity contribution < 1.29 is 28.1 Å². The van der Waals surface area contributed by atoms with E-state index in [1.807, 2.05) is 32.0 Å². The summed E-state index contributed by atoms with van der Waals surface area (Å²) in [6.07, 6.45) is 5.18. The van der Waals surface area contributed by atoms with E-state index in [1.54, 1.807) is 25.1 Å². The van der Waals surface area contributed by atoms with Gasteiger partial charge in [-0.2, -0.15) is 0 Å². The van der Waals surface area contributed by atoms with Crippen LogP contribution in [0.3, 0.4) is 0 Å². The van der Waals surface area contributed by atoms with Gasteiger partial charge in [0.15, 0.2) is 11.5 Å². The smallest absolute Gasteiger partial charge is 0.243 e. The first-order valence-electron chi connectivity index (χ1n) is 13.0. The monoisotopic (exact) mass is 541 g/mol. The molecule has 0 saturated heterocycles. The molecule has 1 heterocycles. The van der Waals surface area contributed by atoms with Crippen LogP contribution in [-0.4, -0.2) is 52.3 Å². The molecule has 0 bridgehead atoms. The molecule has 2 atom stereocenters. The molecule has 2 aromatic carbocycles. The maximum Gasteiger partial charge on any atom is 0.243 e. The SMILES string of the molecule is Cc1ccc(N(C(=O)C[S@@](=O)CC(=O)Nc2ccc3c(c2)OCO3)[C@H](C)C(=O)NC2CCCCC2)c(C)c1. The maximum absolute atomic E-state index is 13.5. The molecule has 0 unspecified atom stereocenters. The molecule has 1 fully saturated rings. The normalized spacial score (nSPS) is 16.4. The van der Waals surface area contributed by atoms with Gasteiger partial charge in [0.25, 0.3) is 0 Å². The lowest BCUT2D eigenvalue weighted by Crippen LogP contribution is -2.52. The average molecular weight is 542 g/mol. The third-order valence-electron chi connectivity index (χ3n) is 6.83. The molecule has 204 valence electrons. The van der Waals surface area contributed by atoms with Crippen LogP contribution >= 0.6 is 0 Å². The predicted molar refractivity (Wildman–Crippen MR) is 147 cm³/mol. The first kappa shape index (κ1) is 27.6. The molecule has 2 N–H and O–H groups in total.